The highest BCUT2D eigenvalue weighted by atomic mass is 32.1. The van der Waals surface area contributed by atoms with Crippen LogP contribution in [0.1, 0.15) is 4.88 Å². The van der Waals surface area contributed by atoms with Gasteiger partial charge in [-0.15, -0.1) is 11.3 Å². The van der Waals surface area contributed by atoms with Crippen LogP contribution in [-0.2, 0) is 20.1 Å². The molecule has 0 fully saturated rings. The molecule has 10 heteroatoms. The Bertz CT molecular complexity index is 1100. The summed E-state index contributed by atoms with van der Waals surface area (Å²) in [5, 5.41) is 3.88. The van der Waals surface area contributed by atoms with Gasteiger partial charge >= 0.3 is 5.69 Å². The van der Waals surface area contributed by atoms with Crippen molar-refractivity contribution in [3.05, 3.63) is 74.2 Å². The molecule has 0 aromatic carbocycles. The molecule has 0 radical (unpaired) electrons. The molecule has 0 bridgehead atoms. The first kappa shape index (κ1) is 18.9. The number of nitrogens with zero attached hydrogens (tertiary/aromatic N) is 4. The van der Waals surface area contributed by atoms with Gasteiger partial charge in [-0.05, 0) is 18.2 Å². The average molecular weight is 393 g/mol. The van der Waals surface area contributed by atoms with E-state index in [1.165, 1.54) is 32.9 Å². The largest absolute Gasteiger partial charge is 0.346 e. The van der Waals surface area contributed by atoms with Crippen molar-refractivity contribution >= 4 is 11.3 Å². The second-order valence-corrected chi connectivity index (χ2v) is 7.07. The van der Waals surface area contributed by atoms with Gasteiger partial charge in [-0.3, -0.25) is 9.36 Å². The van der Waals surface area contributed by atoms with Gasteiger partial charge in [-0.1, -0.05) is 0 Å². The number of rotatable bonds is 6. The lowest BCUT2D eigenvalue weighted by atomic mass is 10.2. The van der Waals surface area contributed by atoms with Crippen molar-refractivity contribution in [1.82, 2.24) is 18.9 Å². The molecule has 3 aromatic rings. The molecule has 0 saturated carbocycles. The van der Waals surface area contributed by atoms with Crippen LogP contribution in [0, 0.1) is 0 Å². The van der Waals surface area contributed by atoms with Gasteiger partial charge in [0, 0.05) is 46.7 Å². The third-order valence-electron chi connectivity index (χ3n) is 4.01. The molecule has 27 heavy (non-hydrogen) atoms. The lowest BCUT2D eigenvalue weighted by Crippen LogP contribution is -2.27. The fourth-order valence-corrected chi connectivity index (χ4v) is 3.49. The van der Waals surface area contributed by atoms with Crippen LogP contribution in [0.25, 0.3) is 10.4 Å². The highest BCUT2D eigenvalue weighted by molar-refractivity contribution is 7.15. The second kappa shape index (κ2) is 7.80. The third-order valence-corrected chi connectivity index (χ3v) is 5.13. The van der Waals surface area contributed by atoms with Crippen LogP contribution in [0.3, 0.4) is 0 Å². The minimum Gasteiger partial charge on any atom is -0.327 e. The molecule has 3 rings (SSSR count). The van der Waals surface area contributed by atoms with Crippen LogP contribution < -0.4 is 17.0 Å². The van der Waals surface area contributed by atoms with E-state index in [0.29, 0.717) is 0 Å². The third kappa shape index (κ3) is 4.12. The molecule has 3 heterocycles. The Morgan fingerprint density at radius 1 is 1.22 bits per heavy atom. The van der Waals surface area contributed by atoms with Crippen molar-refractivity contribution in [3.8, 4) is 10.4 Å². The zero-order chi connectivity index (χ0) is 19.6. The Morgan fingerprint density at radius 3 is 2.67 bits per heavy atom. The van der Waals surface area contributed by atoms with E-state index in [4.69, 9.17) is 5.73 Å². The maximum atomic E-state index is 12.7. The Balaban J connectivity index is 1.80. The van der Waals surface area contributed by atoms with Crippen LogP contribution in [0.2, 0.25) is 0 Å². The van der Waals surface area contributed by atoms with Gasteiger partial charge in [0.15, 0.2) is 0 Å². The van der Waals surface area contributed by atoms with Crippen molar-refractivity contribution in [2.24, 2.45) is 12.8 Å². The smallest absolute Gasteiger partial charge is 0.327 e. The summed E-state index contributed by atoms with van der Waals surface area (Å²) in [5.41, 5.74) is 5.27. The molecule has 2 N–H and O–H groups in total. The first-order chi connectivity index (χ1) is 12.9. The lowest BCUT2D eigenvalue weighted by Gasteiger charge is -2.02. The molecule has 0 aliphatic rings. The highest BCUT2D eigenvalue weighted by Crippen LogP contribution is 2.27. The zero-order valence-corrected chi connectivity index (χ0v) is 15.2. The fraction of sp³-hybridized carbons (Fsp3) is 0.235. The number of hydrogen-bond donors (Lipinski definition) is 1. The standard InChI is InChI=1S/C17H17F2N5O2S/c1-22-7-11(2-5-15(22)25)14-4-3-13(27-14)9-23-10-21-24(17(23)26)8-12(6-20)16(18)19/h2-5,7,10H,6,8-9,20H2,1H3. The minimum absolute atomic E-state index is 0.0925. The number of pyridine rings is 1. The van der Waals surface area contributed by atoms with E-state index in [-0.39, 0.29) is 30.8 Å². The van der Waals surface area contributed by atoms with E-state index in [0.717, 1.165) is 20.0 Å². The summed E-state index contributed by atoms with van der Waals surface area (Å²) in [6.07, 6.45) is 1.17. The van der Waals surface area contributed by atoms with Crippen molar-refractivity contribution in [2.45, 2.75) is 13.1 Å². The molecule has 0 saturated heterocycles. The molecular weight excluding hydrogens is 376 g/mol. The SMILES string of the molecule is Cn1cc(-c2ccc(Cn3cnn(CC(CN)=C(F)F)c3=O)s2)ccc1=O. The molecular formula is C17H17F2N5O2S. The summed E-state index contributed by atoms with van der Waals surface area (Å²) in [6.45, 7) is -0.400. The van der Waals surface area contributed by atoms with E-state index < -0.39 is 11.8 Å². The number of nitrogens with two attached hydrogens (primary N) is 1. The molecule has 0 aliphatic carbocycles. The number of hydrogen-bond acceptors (Lipinski definition) is 5. The maximum absolute atomic E-state index is 12.7. The predicted molar refractivity (Wildman–Crippen MR) is 98.9 cm³/mol. The summed E-state index contributed by atoms with van der Waals surface area (Å²) < 4.78 is 29.2. The summed E-state index contributed by atoms with van der Waals surface area (Å²) in [7, 11) is 1.68. The maximum Gasteiger partial charge on any atom is 0.346 e. The van der Waals surface area contributed by atoms with Crippen LogP contribution in [0.5, 0.6) is 0 Å². The van der Waals surface area contributed by atoms with Gasteiger partial charge in [0.05, 0.1) is 13.1 Å². The highest BCUT2D eigenvalue weighted by Gasteiger charge is 2.12. The van der Waals surface area contributed by atoms with Crippen LogP contribution in [0.4, 0.5) is 8.78 Å². The molecule has 3 aromatic heterocycles. The minimum atomic E-state index is -1.89. The van der Waals surface area contributed by atoms with E-state index >= 15 is 0 Å². The quantitative estimate of drug-likeness (QED) is 0.690. The topological polar surface area (TPSA) is 87.8 Å². The van der Waals surface area contributed by atoms with E-state index in [1.54, 1.807) is 19.3 Å². The van der Waals surface area contributed by atoms with Gasteiger partial charge in [-0.2, -0.15) is 13.9 Å². The van der Waals surface area contributed by atoms with E-state index in [9.17, 15) is 18.4 Å². The van der Waals surface area contributed by atoms with Gasteiger partial charge in [-0.25, -0.2) is 9.48 Å². The van der Waals surface area contributed by atoms with E-state index in [1.807, 2.05) is 12.1 Å². The first-order valence-electron chi connectivity index (χ1n) is 8.00. The van der Waals surface area contributed by atoms with Crippen molar-refractivity contribution in [1.29, 1.82) is 0 Å². The Morgan fingerprint density at radius 2 is 2.00 bits per heavy atom. The number of halogens is 2. The van der Waals surface area contributed by atoms with Crippen molar-refractivity contribution < 1.29 is 8.78 Å². The molecule has 0 aliphatic heterocycles. The molecule has 0 spiro atoms. The Kier molecular flexibility index (Phi) is 5.47. The number of aromatic nitrogens is 4. The summed E-state index contributed by atoms with van der Waals surface area (Å²) in [5.74, 6) is 0. The first-order valence-corrected chi connectivity index (χ1v) is 8.81. The molecule has 0 amide bonds. The van der Waals surface area contributed by atoms with Crippen LogP contribution >= 0.6 is 11.3 Å². The van der Waals surface area contributed by atoms with Gasteiger partial charge in [0.1, 0.15) is 6.33 Å². The van der Waals surface area contributed by atoms with E-state index in [2.05, 4.69) is 5.10 Å². The fourth-order valence-electron chi connectivity index (χ4n) is 2.50. The molecule has 0 unspecified atom stereocenters. The van der Waals surface area contributed by atoms with Gasteiger partial charge < -0.3 is 10.3 Å². The summed E-state index contributed by atoms with van der Waals surface area (Å²) >= 11 is 1.48. The average Bonchev–Trinajstić information content (AvgIpc) is 3.23. The Labute approximate surface area is 156 Å². The number of aryl methyl sites for hydroxylation is 1. The van der Waals surface area contributed by atoms with Crippen LogP contribution in [0.15, 0.2) is 58.0 Å². The van der Waals surface area contributed by atoms with Crippen LogP contribution in [-0.4, -0.2) is 25.5 Å². The predicted octanol–water partition coefficient (Wildman–Crippen LogP) is 1.63. The summed E-state index contributed by atoms with van der Waals surface area (Å²) in [6, 6.07) is 7.02. The number of thiophene rings is 1. The molecule has 0 atom stereocenters. The monoisotopic (exact) mass is 393 g/mol. The Hall–Kier alpha value is -2.85. The van der Waals surface area contributed by atoms with Gasteiger partial charge in [0.2, 0.25) is 5.56 Å². The molecule has 7 nitrogen and oxygen atoms in total. The van der Waals surface area contributed by atoms with Crippen molar-refractivity contribution in [2.75, 3.05) is 6.54 Å². The molecule has 142 valence electrons. The lowest BCUT2D eigenvalue weighted by molar-refractivity contribution is 0.400. The normalized spacial score (nSPS) is 11.0. The second-order valence-electron chi connectivity index (χ2n) is 5.90. The van der Waals surface area contributed by atoms with Crippen molar-refractivity contribution in [3.63, 3.8) is 0 Å². The summed E-state index contributed by atoms with van der Waals surface area (Å²) in [4.78, 5) is 25.7. The zero-order valence-electron chi connectivity index (χ0n) is 14.4. The van der Waals surface area contributed by atoms with Gasteiger partial charge in [0.25, 0.3) is 6.08 Å².